The van der Waals surface area contributed by atoms with Crippen molar-refractivity contribution >= 4 is 0 Å². The summed E-state index contributed by atoms with van der Waals surface area (Å²) in [5.41, 5.74) is 2.97. The van der Waals surface area contributed by atoms with Crippen molar-refractivity contribution in [3.8, 4) is 5.75 Å². The molecule has 2 nitrogen and oxygen atoms in total. The summed E-state index contributed by atoms with van der Waals surface area (Å²) in [6.45, 7) is 10.2. The predicted octanol–water partition coefficient (Wildman–Crippen LogP) is 4.70. The molecule has 2 atom stereocenters. The fraction of sp³-hybridized carbons (Fsp3) is 0.684. The maximum absolute atomic E-state index is 5.34. The first-order valence-corrected chi connectivity index (χ1v) is 8.28. The molecule has 0 aliphatic heterocycles. The van der Waals surface area contributed by atoms with Crippen molar-refractivity contribution in [1.82, 2.24) is 5.32 Å². The van der Waals surface area contributed by atoms with Gasteiger partial charge in [0.15, 0.2) is 0 Å². The van der Waals surface area contributed by atoms with Crippen molar-refractivity contribution in [3.63, 3.8) is 0 Å². The maximum atomic E-state index is 5.34. The average molecular weight is 289 g/mol. The van der Waals surface area contributed by atoms with E-state index < -0.39 is 0 Å². The minimum atomic E-state index is 0.397. The number of ether oxygens (including phenoxy) is 1. The number of nitrogens with one attached hydrogen (secondary N) is 1. The molecule has 1 saturated carbocycles. The summed E-state index contributed by atoms with van der Waals surface area (Å²) in [5, 5.41) is 3.82. The van der Waals surface area contributed by atoms with E-state index in [2.05, 4.69) is 51.2 Å². The van der Waals surface area contributed by atoms with E-state index in [1.165, 1.54) is 36.8 Å². The number of benzene rings is 1. The van der Waals surface area contributed by atoms with Crippen LogP contribution in [0.5, 0.6) is 5.75 Å². The molecule has 1 aromatic rings. The summed E-state index contributed by atoms with van der Waals surface area (Å²) >= 11 is 0. The zero-order valence-electron chi connectivity index (χ0n) is 14.3. The van der Waals surface area contributed by atoms with E-state index in [1.807, 2.05) is 0 Å². The van der Waals surface area contributed by atoms with Crippen molar-refractivity contribution in [1.29, 1.82) is 0 Å². The van der Waals surface area contributed by atoms with Crippen LogP contribution in [0.4, 0.5) is 0 Å². The standard InChI is InChI=1S/C19H31NO/c1-14-12-15(10-11-18(14)21-5)13-20-17-9-7-6-8-16(17)19(2,3)4/h10-12,16-17,20H,6-9,13H2,1-5H3. The second-order valence-corrected chi connectivity index (χ2v) is 7.55. The molecule has 118 valence electrons. The van der Waals surface area contributed by atoms with Gasteiger partial charge in [0.25, 0.3) is 0 Å². The summed E-state index contributed by atoms with van der Waals surface area (Å²) in [6.07, 6.45) is 5.44. The fourth-order valence-corrected chi connectivity index (χ4v) is 3.71. The van der Waals surface area contributed by atoms with Gasteiger partial charge < -0.3 is 10.1 Å². The van der Waals surface area contributed by atoms with Crippen LogP contribution in [0, 0.1) is 18.3 Å². The second kappa shape index (κ2) is 6.83. The van der Waals surface area contributed by atoms with Gasteiger partial charge in [0, 0.05) is 12.6 Å². The normalized spacial score (nSPS) is 23.1. The molecule has 21 heavy (non-hydrogen) atoms. The lowest BCUT2D eigenvalue weighted by Crippen LogP contribution is -2.43. The van der Waals surface area contributed by atoms with Gasteiger partial charge >= 0.3 is 0 Å². The topological polar surface area (TPSA) is 21.3 Å². The third-order valence-electron chi connectivity index (χ3n) is 4.91. The summed E-state index contributed by atoms with van der Waals surface area (Å²) in [7, 11) is 1.73. The van der Waals surface area contributed by atoms with Gasteiger partial charge in [-0.15, -0.1) is 0 Å². The van der Waals surface area contributed by atoms with Crippen LogP contribution >= 0.6 is 0 Å². The Labute approximate surface area is 130 Å². The molecule has 2 unspecified atom stereocenters. The van der Waals surface area contributed by atoms with Crippen molar-refractivity contribution in [3.05, 3.63) is 29.3 Å². The predicted molar refractivity (Wildman–Crippen MR) is 89.8 cm³/mol. The highest BCUT2D eigenvalue weighted by Crippen LogP contribution is 2.38. The van der Waals surface area contributed by atoms with Gasteiger partial charge in [-0.3, -0.25) is 0 Å². The number of aryl methyl sites for hydroxylation is 1. The Kier molecular flexibility index (Phi) is 5.32. The van der Waals surface area contributed by atoms with Gasteiger partial charge in [0.05, 0.1) is 7.11 Å². The van der Waals surface area contributed by atoms with E-state index in [-0.39, 0.29) is 0 Å². The van der Waals surface area contributed by atoms with E-state index in [0.717, 1.165) is 18.2 Å². The summed E-state index contributed by atoms with van der Waals surface area (Å²) in [6, 6.07) is 7.14. The lowest BCUT2D eigenvalue weighted by molar-refractivity contribution is 0.130. The van der Waals surface area contributed by atoms with Crippen LogP contribution in [0.15, 0.2) is 18.2 Å². The third kappa shape index (κ3) is 4.23. The van der Waals surface area contributed by atoms with Gasteiger partial charge in [-0.2, -0.15) is 0 Å². The number of hydrogen-bond donors (Lipinski definition) is 1. The number of methoxy groups -OCH3 is 1. The molecule has 0 saturated heterocycles. The molecule has 1 aliphatic rings. The molecule has 0 radical (unpaired) electrons. The zero-order chi connectivity index (χ0) is 15.5. The smallest absolute Gasteiger partial charge is 0.121 e. The molecule has 1 aromatic carbocycles. The van der Waals surface area contributed by atoms with Crippen molar-refractivity contribution in [2.75, 3.05) is 7.11 Å². The molecule has 0 spiro atoms. The summed E-state index contributed by atoms with van der Waals surface area (Å²) < 4.78 is 5.34. The fourth-order valence-electron chi connectivity index (χ4n) is 3.71. The van der Waals surface area contributed by atoms with E-state index in [4.69, 9.17) is 4.74 Å². The minimum Gasteiger partial charge on any atom is -0.496 e. The van der Waals surface area contributed by atoms with Gasteiger partial charge in [-0.25, -0.2) is 0 Å². The average Bonchev–Trinajstić information content (AvgIpc) is 2.44. The van der Waals surface area contributed by atoms with Crippen LogP contribution in [-0.2, 0) is 6.54 Å². The highest BCUT2D eigenvalue weighted by atomic mass is 16.5. The van der Waals surface area contributed by atoms with Crippen molar-refractivity contribution < 1.29 is 4.74 Å². The molecule has 0 amide bonds. The molecular formula is C19H31NO. The Hall–Kier alpha value is -1.02. The summed E-state index contributed by atoms with van der Waals surface area (Å²) in [5.74, 6) is 1.76. The summed E-state index contributed by atoms with van der Waals surface area (Å²) in [4.78, 5) is 0. The molecule has 1 fully saturated rings. The van der Waals surface area contributed by atoms with Crippen molar-refractivity contribution in [2.45, 2.75) is 66.0 Å². The van der Waals surface area contributed by atoms with E-state index in [1.54, 1.807) is 7.11 Å². The molecule has 0 heterocycles. The lowest BCUT2D eigenvalue weighted by Gasteiger charge is -2.41. The highest BCUT2D eigenvalue weighted by molar-refractivity contribution is 5.36. The monoisotopic (exact) mass is 289 g/mol. The van der Waals surface area contributed by atoms with Crippen LogP contribution in [0.25, 0.3) is 0 Å². The largest absolute Gasteiger partial charge is 0.496 e. The van der Waals surface area contributed by atoms with Crippen LogP contribution in [0.1, 0.15) is 57.6 Å². The van der Waals surface area contributed by atoms with E-state index in [9.17, 15) is 0 Å². The SMILES string of the molecule is COc1ccc(CNC2CCCCC2C(C)(C)C)cc1C. The van der Waals surface area contributed by atoms with Crippen LogP contribution < -0.4 is 10.1 Å². The Morgan fingerprint density at radius 1 is 1.19 bits per heavy atom. The van der Waals surface area contributed by atoms with Gasteiger partial charge in [-0.1, -0.05) is 45.7 Å². The number of hydrogen-bond acceptors (Lipinski definition) is 2. The highest BCUT2D eigenvalue weighted by Gasteiger charge is 2.33. The first kappa shape index (κ1) is 16.4. The van der Waals surface area contributed by atoms with E-state index in [0.29, 0.717) is 11.5 Å². The third-order valence-corrected chi connectivity index (χ3v) is 4.91. The molecule has 1 N–H and O–H groups in total. The van der Waals surface area contributed by atoms with Crippen molar-refractivity contribution in [2.24, 2.45) is 11.3 Å². The Morgan fingerprint density at radius 2 is 1.90 bits per heavy atom. The molecular weight excluding hydrogens is 258 g/mol. The molecule has 2 rings (SSSR count). The lowest BCUT2D eigenvalue weighted by atomic mass is 9.69. The van der Waals surface area contributed by atoms with Gasteiger partial charge in [-0.05, 0) is 48.3 Å². The Morgan fingerprint density at radius 3 is 2.52 bits per heavy atom. The Balaban J connectivity index is 1.99. The van der Waals surface area contributed by atoms with Crippen LogP contribution in [0.2, 0.25) is 0 Å². The molecule has 0 aromatic heterocycles. The second-order valence-electron chi connectivity index (χ2n) is 7.55. The minimum absolute atomic E-state index is 0.397. The maximum Gasteiger partial charge on any atom is 0.121 e. The van der Waals surface area contributed by atoms with Gasteiger partial charge in [0.2, 0.25) is 0 Å². The molecule has 1 aliphatic carbocycles. The first-order valence-electron chi connectivity index (χ1n) is 8.28. The van der Waals surface area contributed by atoms with Crippen LogP contribution in [-0.4, -0.2) is 13.2 Å². The molecule has 2 heteroatoms. The first-order chi connectivity index (χ1) is 9.91. The van der Waals surface area contributed by atoms with Gasteiger partial charge in [0.1, 0.15) is 5.75 Å². The van der Waals surface area contributed by atoms with E-state index >= 15 is 0 Å². The zero-order valence-corrected chi connectivity index (χ0v) is 14.3. The number of rotatable bonds is 4. The molecule has 0 bridgehead atoms. The van der Waals surface area contributed by atoms with Crippen LogP contribution in [0.3, 0.4) is 0 Å². The quantitative estimate of drug-likeness (QED) is 0.867. The Bertz CT molecular complexity index is 461.